The number of methoxy groups -OCH3 is 1. The molecule has 0 saturated carbocycles. The van der Waals surface area contributed by atoms with E-state index in [1.165, 1.54) is 36.8 Å². The predicted molar refractivity (Wildman–Crippen MR) is 165 cm³/mol. The molecule has 1 amide bonds. The van der Waals surface area contributed by atoms with Crippen LogP contribution in [0, 0.1) is 6.92 Å². The Kier molecular flexibility index (Phi) is 9.69. The fourth-order valence-electron chi connectivity index (χ4n) is 3.75. The lowest BCUT2D eigenvalue weighted by Gasteiger charge is -2.19. The van der Waals surface area contributed by atoms with Crippen molar-refractivity contribution in [2.75, 3.05) is 18.5 Å². The number of anilines is 1. The number of halogens is 2. The minimum absolute atomic E-state index is 0.186. The van der Waals surface area contributed by atoms with Gasteiger partial charge in [0.1, 0.15) is 6.61 Å². The highest BCUT2D eigenvalue weighted by atomic mass is 79.9. The van der Waals surface area contributed by atoms with Crippen molar-refractivity contribution in [2.45, 2.75) is 18.4 Å². The molecule has 212 valence electrons. The fraction of sp³-hybridized carbons (Fsp3) is 0.133. The van der Waals surface area contributed by atoms with Gasteiger partial charge in [-0.2, -0.15) is 5.10 Å². The monoisotopic (exact) mass is 655 g/mol. The van der Waals surface area contributed by atoms with Crippen molar-refractivity contribution >= 4 is 55.4 Å². The van der Waals surface area contributed by atoms with Crippen LogP contribution in [-0.2, 0) is 16.6 Å². The Morgan fingerprint density at radius 1 is 1.02 bits per heavy atom. The third kappa shape index (κ3) is 7.46. The van der Waals surface area contributed by atoms with Crippen molar-refractivity contribution < 1.29 is 22.7 Å². The third-order valence-corrected chi connectivity index (χ3v) is 8.74. The zero-order chi connectivity index (χ0) is 29.6. The highest BCUT2D eigenvalue weighted by Crippen LogP contribution is 2.37. The largest absolute Gasteiger partial charge is 0.493 e. The zero-order valence-corrected chi connectivity index (χ0v) is 25.6. The van der Waals surface area contributed by atoms with Gasteiger partial charge in [0, 0.05) is 17.6 Å². The normalized spacial score (nSPS) is 11.3. The lowest BCUT2D eigenvalue weighted by molar-refractivity contribution is 0.0955. The van der Waals surface area contributed by atoms with Gasteiger partial charge >= 0.3 is 0 Å². The summed E-state index contributed by atoms with van der Waals surface area (Å²) in [5.74, 6) is 0.560. The average molecular weight is 657 g/mol. The quantitative estimate of drug-likeness (QED) is 0.154. The van der Waals surface area contributed by atoms with E-state index in [1.807, 2.05) is 19.1 Å². The number of nitrogens with one attached hydrogen (secondary N) is 1. The summed E-state index contributed by atoms with van der Waals surface area (Å²) in [6, 6.07) is 23.7. The van der Waals surface area contributed by atoms with Crippen molar-refractivity contribution in [2.24, 2.45) is 5.10 Å². The third-order valence-electron chi connectivity index (χ3n) is 6.10. The molecule has 4 rings (SSSR count). The summed E-state index contributed by atoms with van der Waals surface area (Å²) < 4.78 is 39.1. The van der Waals surface area contributed by atoms with E-state index < -0.39 is 15.9 Å². The van der Waals surface area contributed by atoms with Crippen molar-refractivity contribution in [3.63, 3.8) is 0 Å². The number of sulfonamides is 1. The number of hydrogen-bond donors (Lipinski definition) is 1. The molecule has 0 spiro atoms. The maximum absolute atomic E-state index is 12.9. The van der Waals surface area contributed by atoms with Gasteiger partial charge < -0.3 is 9.47 Å². The lowest BCUT2D eigenvalue weighted by Crippen LogP contribution is -2.26. The smallest absolute Gasteiger partial charge is 0.271 e. The van der Waals surface area contributed by atoms with E-state index in [9.17, 15) is 13.2 Å². The van der Waals surface area contributed by atoms with Crippen molar-refractivity contribution in [1.82, 2.24) is 5.43 Å². The van der Waals surface area contributed by atoms with Crippen LogP contribution in [0.3, 0.4) is 0 Å². The lowest BCUT2D eigenvalue weighted by atomic mass is 10.2. The molecule has 0 saturated heterocycles. The standard InChI is InChI=1S/C30H27BrClN3O5S/c1-20-4-14-26(15-5-20)41(37,38)35(2)25-12-8-23(9-13-25)30(36)34-33-18-22-16-27(31)29(28(17-22)39-3)40-19-21-6-10-24(32)11-7-21/h4-18H,19H2,1-3H3,(H,34,36)/b33-18-. The zero-order valence-electron chi connectivity index (χ0n) is 22.5. The molecule has 0 atom stereocenters. The van der Waals surface area contributed by atoms with Crippen LogP contribution in [0.25, 0.3) is 0 Å². The Balaban J connectivity index is 1.39. The predicted octanol–water partition coefficient (Wildman–Crippen LogP) is 6.59. The first-order chi connectivity index (χ1) is 19.6. The Labute approximate surface area is 252 Å². The number of hydrogen-bond acceptors (Lipinski definition) is 6. The average Bonchev–Trinajstić information content (AvgIpc) is 2.97. The van der Waals surface area contributed by atoms with Gasteiger partial charge in [-0.25, -0.2) is 13.8 Å². The topological polar surface area (TPSA) is 97.3 Å². The van der Waals surface area contributed by atoms with Gasteiger partial charge in [-0.15, -0.1) is 0 Å². The van der Waals surface area contributed by atoms with Gasteiger partial charge in [0.25, 0.3) is 15.9 Å². The molecule has 0 aliphatic heterocycles. The molecule has 0 fully saturated rings. The Morgan fingerprint density at radius 2 is 1.68 bits per heavy atom. The number of aryl methyl sites for hydroxylation is 1. The summed E-state index contributed by atoms with van der Waals surface area (Å²) in [6.45, 7) is 2.21. The molecule has 8 nitrogen and oxygen atoms in total. The second-order valence-electron chi connectivity index (χ2n) is 8.98. The van der Waals surface area contributed by atoms with Crippen LogP contribution in [0.1, 0.15) is 27.0 Å². The molecule has 4 aromatic rings. The summed E-state index contributed by atoms with van der Waals surface area (Å²) in [5, 5.41) is 4.70. The highest BCUT2D eigenvalue weighted by molar-refractivity contribution is 9.10. The number of carbonyl (C=O) groups excluding carboxylic acids is 1. The van der Waals surface area contributed by atoms with Gasteiger partial charge in [0.05, 0.1) is 28.4 Å². The minimum Gasteiger partial charge on any atom is -0.493 e. The van der Waals surface area contributed by atoms with Crippen LogP contribution in [0.5, 0.6) is 11.5 Å². The van der Waals surface area contributed by atoms with Crippen LogP contribution >= 0.6 is 27.5 Å². The molecule has 1 N–H and O–H groups in total. The molecular weight excluding hydrogens is 630 g/mol. The van der Waals surface area contributed by atoms with Gasteiger partial charge in [0.2, 0.25) is 0 Å². The number of rotatable bonds is 10. The molecule has 41 heavy (non-hydrogen) atoms. The Morgan fingerprint density at radius 3 is 2.32 bits per heavy atom. The first-order valence-corrected chi connectivity index (χ1v) is 14.9. The molecule has 0 aliphatic rings. The molecule has 0 unspecified atom stereocenters. The molecule has 0 radical (unpaired) electrons. The van der Waals surface area contributed by atoms with Crippen molar-refractivity contribution in [3.05, 3.63) is 117 Å². The molecule has 0 bridgehead atoms. The molecule has 0 aromatic heterocycles. The Bertz CT molecular complexity index is 1660. The van der Waals surface area contributed by atoms with Gasteiger partial charge in [-0.3, -0.25) is 9.10 Å². The van der Waals surface area contributed by atoms with Crippen molar-refractivity contribution in [3.8, 4) is 11.5 Å². The summed E-state index contributed by atoms with van der Waals surface area (Å²) in [7, 11) is -0.736. The molecule has 0 aliphatic carbocycles. The second kappa shape index (κ2) is 13.2. The second-order valence-corrected chi connectivity index (χ2v) is 12.2. The maximum atomic E-state index is 12.9. The number of carbonyl (C=O) groups is 1. The highest BCUT2D eigenvalue weighted by Gasteiger charge is 2.21. The van der Waals surface area contributed by atoms with E-state index in [0.29, 0.717) is 44.4 Å². The van der Waals surface area contributed by atoms with Gasteiger partial charge in [-0.05, 0) is 94.6 Å². The van der Waals surface area contributed by atoms with Crippen LogP contribution in [0.4, 0.5) is 5.69 Å². The van der Waals surface area contributed by atoms with E-state index >= 15 is 0 Å². The number of nitrogens with zero attached hydrogens (tertiary/aromatic N) is 2. The minimum atomic E-state index is -3.74. The summed E-state index contributed by atoms with van der Waals surface area (Å²) >= 11 is 9.45. The van der Waals surface area contributed by atoms with Gasteiger partial charge in [-0.1, -0.05) is 41.4 Å². The number of benzene rings is 4. The van der Waals surface area contributed by atoms with Gasteiger partial charge in [0.15, 0.2) is 11.5 Å². The van der Waals surface area contributed by atoms with E-state index in [-0.39, 0.29) is 4.90 Å². The first kappa shape index (κ1) is 30.1. The summed E-state index contributed by atoms with van der Waals surface area (Å²) in [6.07, 6.45) is 1.48. The maximum Gasteiger partial charge on any atom is 0.271 e. The number of amides is 1. The van der Waals surface area contributed by atoms with Crippen LogP contribution < -0.4 is 19.2 Å². The summed E-state index contributed by atoms with van der Waals surface area (Å²) in [5.41, 5.74) is 5.79. The Hall–Kier alpha value is -3.86. The van der Waals surface area contributed by atoms with Crippen molar-refractivity contribution in [1.29, 1.82) is 0 Å². The SMILES string of the molecule is COc1cc(/C=N\NC(=O)c2ccc(N(C)S(=O)(=O)c3ccc(C)cc3)cc2)cc(Br)c1OCc1ccc(Cl)cc1. The van der Waals surface area contributed by atoms with Crippen LogP contribution in [-0.4, -0.2) is 34.7 Å². The first-order valence-electron chi connectivity index (χ1n) is 12.3. The van der Waals surface area contributed by atoms with E-state index in [1.54, 1.807) is 60.7 Å². The number of hydrazone groups is 1. The summed E-state index contributed by atoms with van der Waals surface area (Å²) in [4.78, 5) is 12.8. The van der Waals surface area contributed by atoms with E-state index in [0.717, 1.165) is 11.1 Å². The molecular formula is C30H27BrClN3O5S. The fourth-order valence-corrected chi connectivity index (χ4v) is 5.65. The molecule has 0 heterocycles. The van der Waals surface area contributed by atoms with E-state index in [4.69, 9.17) is 21.1 Å². The van der Waals surface area contributed by atoms with E-state index in [2.05, 4.69) is 26.5 Å². The molecule has 11 heteroatoms. The van der Waals surface area contributed by atoms with Crippen LogP contribution in [0.2, 0.25) is 5.02 Å². The molecule has 4 aromatic carbocycles. The van der Waals surface area contributed by atoms with Crippen LogP contribution in [0.15, 0.2) is 99.4 Å². The number of ether oxygens (including phenoxy) is 2.